The molecule has 29 heavy (non-hydrogen) atoms. The monoisotopic (exact) mass is 405 g/mol. The van der Waals surface area contributed by atoms with Gasteiger partial charge in [0.1, 0.15) is 0 Å². The molecule has 0 atom stereocenters. The molecule has 0 aliphatic carbocycles. The van der Waals surface area contributed by atoms with E-state index in [0.717, 1.165) is 4.90 Å². The van der Waals surface area contributed by atoms with Gasteiger partial charge in [-0.2, -0.15) is 0 Å². The number of anilines is 3. The van der Waals surface area contributed by atoms with E-state index in [0.29, 0.717) is 29.2 Å². The number of rotatable bonds is 7. The number of carbonyl (C=O) groups is 2. The van der Waals surface area contributed by atoms with Gasteiger partial charge in [-0.25, -0.2) is 4.79 Å². The van der Waals surface area contributed by atoms with Crippen LogP contribution in [0.15, 0.2) is 83.8 Å². The van der Waals surface area contributed by atoms with Crippen LogP contribution in [0.1, 0.15) is 12.0 Å². The Balaban J connectivity index is 1.46. The Morgan fingerprint density at radius 2 is 1.38 bits per heavy atom. The van der Waals surface area contributed by atoms with Crippen LogP contribution in [0.5, 0.6) is 0 Å². The predicted octanol–water partition coefficient (Wildman–Crippen LogP) is 5.76. The first-order valence-corrected chi connectivity index (χ1v) is 10.3. The number of carbonyl (C=O) groups excluding carboxylic acids is 2. The van der Waals surface area contributed by atoms with Crippen molar-refractivity contribution in [2.24, 2.45) is 0 Å². The first-order chi connectivity index (χ1) is 14.1. The van der Waals surface area contributed by atoms with E-state index >= 15 is 0 Å². The first-order valence-electron chi connectivity index (χ1n) is 9.31. The number of hydrogen-bond acceptors (Lipinski definition) is 3. The number of para-hydroxylation sites is 1. The highest BCUT2D eigenvalue weighted by Gasteiger charge is 2.06. The molecular formula is C23H23N3O2S. The Hall–Kier alpha value is -3.25. The SMILES string of the molecule is Cc1ccc(SCCC(=O)Nc2cccc(NC(=O)Nc3ccccc3)c2)cc1. The zero-order valence-electron chi connectivity index (χ0n) is 16.1. The average molecular weight is 406 g/mol. The van der Waals surface area contributed by atoms with Crippen LogP contribution in [0, 0.1) is 6.92 Å². The van der Waals surface area contributed by atoms with Gasteiger partial charge in [-0.1, -0.05) is 42.0 Å². The second-order valence-electron chi connectivity index (χ2n) is 6.49. The molecule has 0 saturated carbocycles. The van der Waals surface area contributed by atoms with E-state index in [9.17, 15) is 9.59 Å². The minimum Gasteiger partial charge on any atom is -0.326 e. The fourth-order valence-electron chi connectivity index (χ4n) is 2.61. The largest absolute Gasteiger partial charge is 0.326 e. The van der Waals surface area contributed by atoms with Crippen LogP contribution in [0.3, 0.4) is 0 Å². The lowest BCUT2D eigenvalue weighted by Crippen LogP contribution is -2.19. The zero-order chi connectivity index (χ0) is 20.5. The summed E-state index contributed by atoms with van der Waals surface area (Å²) in [6, 6.07) is 24.2. The number of nitrogens with one attached hydrogen (secondary N) is 3. The van der Waals surface area contributed by atoms with Crippen molar-refractivity contribution >= 4 is 40.8 Å². The molecule has 0 spiro atoms. The Labute approximate surface area is 174 Å². The number of aryl methyl sites for hydroxylation is 1. The minimum absolute atomic E-state index is 0.0597. The Kier molecular flexibility index (Phi) is 7.30. The summed E-state index contributed by atoms with van der Waals surface area (Å²) in [4.78, 5) is 25.5. The smallest absolute Gasteiger partial charge is 0.323 e. The van der Waals surface area contributed by atoms with E-state index in [1.54, 1.807) is 36.0 Å². The highest BCUT2D eigenvalue weighted by atomic mass is 32.2. The highest BCUT2D eigenvalue weighted by molar-refractivity contribution is 7.99. The maximum absolute atomic E-state index is 12.2. The summed E-state index contributed by atoms with van der Waals surface area (Å²) in [7, 11) is 0. The van der Waals surface area contributed by atoms with Crippen LogP contribution in [0.2, 0.25) is 0 Å². The van der Waals surface area contributed by atoms with Crippen molar-refractivity contribution in [1.82, 2.24) is 0 Å². The molecule has 0 unspecified atom stereocenters. The molecule has 0 saturated heterocycles. The summed E-state index contributed by atoms with van der Waals surface area (Å²) < 4.78 is 0. The zero-order valence-corrected chi connectivity index (χ0v) is 17.0. The van der Waals surface area contributed by atoms with Gasteiger partial charge >= 0.3 is 6.03 Å². The molecule has 3 rings (SSSR count). The van der Waals surface area contributed by atoms with Gasteiger partial charge in [0, 0.05) is 34.1 Å². The number of hydrogen-bond donors (Lipinski definition) is 3. The Morgan fingerprint density at radius 3 is 2.10 bits per heavy atom. The number of urea groups is 1. The maximum atomic E-state index is 12.2. The number of benzene rings is 3. The van der Waals surface area contributed by atoms with E-state index in [4.69, 9.17) is 0 Å². The van der Waals surface area contributed by atoms with Crippen molar-refractivity contribution in [3.8, 4) is 0 Å². The predicted molar refractivity (Wildman–Crippen MR) is 121 cm³/mol. The summed E-state index contributed by atoms with van der Waals surface area (Å²) >= 11 is 1.65. The van der Waals surface area contributed by atoms with Crippen LogP contribution in [-0.2, 0) is 4.79 Å². The Bertz CT molecular complexity index is 959. The summed E-state index contributed by atoms with van der Waals surface area (Å²) in [6.45, 7) is 2.05. The summed E-state index contributed by atoms with van der Waals surface area (Å²) in [5.41, 5.74) is 3.18. The van der Waals surface area contributed by atoms with Crippen molar-refractivity contribution in [2.45, 2.75) is 18.2 Å². The molecule has 3 aromatic carbocycles. The lowest BCUT2D eigenvalue weighted by atomic mass is 10.2. The lowest BCUT2D eigenvalue weighted by molar-refractivity contribution is -0.115. The topological polar surface area (TPSA) is 70.2 Å². The normalized spacial score (nSPS) is 10.2. The van der Waals surface area contributed by atoms with Crippen molar-refractivity contribution in [3.05, 3.63) is 84.4 Å². The van der Waals surface area contributed by atoms with E-state index in [1.807, 2.05) is 30.3 Å². The van der Waals surface area contributed by atoms with Gasteiger partial charge in [0.2, 0.25) is 5.91 Å². The molecule has 148 valence electrons. The van der Waals surface area contributed by atoms with Crippen LogP contribution >= 0.6 is 11.8 Å². The van der Waals surface area contributed by atoms with E-state index in [1.165, 1.54) is 5.56 Å². The highest BCUT2D eigenvalue weighted by Crippen LogP contribution is 2.20. The number of amides is 3. The van der Waals surface area contributed by atoms with Gasteiger partial charge in [-0.05, 0) is 49.4 Å². The van der Waals surface area contributed by atoms with Crippen molar-refractivity contribution in [1.29, 1.82) is 0 Å². The molecule has 6 heteroatoms. The van der Waals surface area contributed by atoms with Gasteiger partial charge in [0.05, 0.1) is 0 Å². The maximum Gasteiger partial charge on any atom is 0.323 e. The minimum atomic E-state index is -0.339. The third-order valence-corrected chi connectivity index (χ3v) is 5.07. The van der Waals surface area contributed by atoms with Crippen LogP contribution < -0.4 is 16.0 Å². The fourth-order valence-corrected chi connectivity index (χ4v) is 3.46. The molecular weight excluding hydrogens is 382 g/mol. The van der Waals surface area contributed by atoms with E-state index in [-0.39, 0.29) is 11.9 Å². The molecule has 0 fully saturated rings. The van der Waals surface area contributed by atoms with Gasteiger partial charge in [-0.3, -0.25) is 4.79 Å². The van der Waals surface area contributed by atoms with Crippen molar-refractivity contribution in [3.63, 3.8) is 0 Å². The van der Waals surface area contributed by atoms with Crippen molar-refractivity contribution in [2.75, 3.05) is 21.7 Å². The van der Waals surface area contributed by atoms with Gasteiger partial charge in [0.15, 0.2) is 0 Å². The molecule has 0 aromatic heterocycles. The van der Waals surface area contributed by atoms with Gasteiger partial charge < -0.3 is 16.0 Å². The van der Waals surface area contributed by atoms with Crippen molar-refractivity contribution < 1.29 is 9.59 Å². The van der Waals surface area contributed by atoms with Crippen LogP contribution in [-0.4, -0.2) is 17.7 Å². The molecule has 0 radical (unpaired) electrons. The standard InChI is InChI=1S/C23H23N3O2S/c1-17-10-12-21(13-11-17)29-15-14-22(27)24-19-8-5-9-20(16-19)26-23(28)25-18-6-3-2-4-7-18/h2-13,16H,14-15H2,1H3,(H,24,27)(H2,25,26,28). The van der Waals surface area contributed by atoms with Crippen LogP contribution in [0.25, 0.3) is 0 Å². The molecule has 3 amide bonds. The molecule has 0 bridgehead atoms. The fraction of sp³-hybridized carbons (Fsp3) is 0.130. The third kappa shape index (κ3) is 7.01. The van der Waals surface area contributed by atoms with E-state index in [2.05, 4.69) is 47.1 Å². The first kappa shape index (κ1) is 20.5. The van der Waals surface area contributed by atoms with Gasteiger partial charge in [-0.15, -0.1) is 11.8 Å². The lowest BCUT2D eigenvalue weighted by Gasteiger charge is -2.10. The van der Waals surface area contributed by atoms with E-state index < -0.39 is 0 Å². The molecule has 3 aromatic rings. The second kappa shape index (κ2) is 10.3. The second-order valence-corrected chi connectivity index (χ2v) is 7.65. The third-order valence-electron chi connectivity index (χ3n) is 4.05. The molecule has 0 aliphatic rings. The molecule has 0 heterocycles. The van der Waals surface area contributed by atoms with Gasteiger partial charge in [0.25, 0.3) is 0 Å². The summed E-state index contributed by atoms with van der Waals surface area (Å²) in [6.07, 6.45) is 0.407. The molecule has 3 N–H and O–H groups in total. The summed E-state index contributed by atoms with van der Waals surface area (Å²) in [5.74, 6) is 0.641. The molecule has 0 aliphatic heterocycles. The van der Waals surface area contributed by atoms with Crippen LogP contribution in [0.4, 0.5) is 21.9 Å². The Morgan fingerprint density at radius 1 is 0.759 bits per heavy atom. The summed E-state index contributed by atoms with van der Waals surface area (Å²) in [5, 5.41) is 8.40. The number of thioether (sulfide) groups is 1. The molecule has 5 nitrogen and oxygen atoms in total. The average Bonchev–Trinajstić information content (AvgIpc) is 2.70. The quantitative estimate of drug-likeness (QED) is 0.438.